The third-order valence-electron chi connectivity index (χ3n) is 2.31. The molecule has 1 aromatic carbocycles. The van der Waals surface area contributed by atoms with Crippen molar-refractivity contribution in [3.63, 3.8) is 0 Å². The molecule has 0 spiro atoms. The molecule has 1 rings (SSSR count). The normalized spacial score (nSPS) is 9.82. The van der Waals surface area contributed by atoms with Crippen molar-refractivity contribution in [1.29, 1.82) is 0 Å². The molecule has 17 heavy (non-hydrogen) atoms. The van der Waals surface area contributed by atoms with Crippen LogP contribution in [0.5, 0.6) is 0 Å². The first-order valence-electron chi connectivity index (χ1n) is 5.22. The molecular formula is C12H14FNO3. The van der Waals surface area contributed by atoms with E-state index in [2.05, 4.69) is 10.1 Å². The number of aryl methyl sites for hydroxylation is 1. The van der Waals surface area contributed by atoms with E-state index >= 15 is 0 Å². The number of esters is 1. The number of hydrogen-bond donors (Lipinski definition) is 1. The topological polar surface area (TPSA) is 55.4 Å². The lowest BCUT2D eigenvalue weighted by Gasteiger charge is -2.06. The second kappa shape index (κ2) is 5.98. The van der Waals surface area contributed by atoms with Crippen LogP contribution in [0.1, 0.15) is 22.8 Å². The van der Waals surface area contributed by atoms with Gasteiger partial charge in [0.2, 0.25) is 0 Å². The Balaban J connectivity index is 2.72. The third kappa shape index (κ3) is 3.55. The van der Waals surface area contributed by atoms with Crippen molar-refractivity contribution in [2.24, 2.45) is 0 Å². The molecule has 1 N–H and O–H groups in total. The molecule has 0 aliphatic heterocycles. The Hall–Kier alpha value is -1.91. The number of carbonyl (C=O) groups excluding carboxylic acids is 2. The summed E-state index contributed by atoms with van der Waals surface area (Å²) in [6, 6.07) is 4.39. The Morgan fingerprint density at radius 2 is 2.12 bits per heavy atom. The summed E-state index contributed by atoms with van der Waals surface area (Å²) in [5.41, 5.74) is 0.734. The van der Waals surface area contributed by atoms with Crippen molar-refractivity contribution in [2.75, 3.05) is 13.7 Å². The van der Waals surface area contributed by atoms with Crippen LogP contribution in [0.2, 0.25) is 0 Å². The van der Waals surface area contributed by atoms with Gasteiger partial charge < -0.3 is 10.1 Å². The van der Waals surface area contributed by atoms with Gasteiger partial charge in [0.15, 0.2) is 0 Å². The average Bonchev–Trinajstić information content (AvgIpc) is 2.35. The molecule has 0 saturated carbocycles. The fourth-order valence-corrected chi connectivity index (χ4v) is 1.28. The van der Waals surface area contributed by atoms with Crippen LogP contribution in [-0.2, 0) is 16.0 Å². The number of amides is 1. The van der Waals surface area contributed by atoms with Gasteiger partial charge >= 0.3 is 5.97 Å². The maximum Gasteiger partial charge on any atom is 0.325 e. The number of benzene rings is 1. The number of ether oxygens (including phenoxy) is 1. The fraction of sp³-hybridized carbons (Fsp3) is 0.333. The smallest absolute Gasteiger partial charge is 0.325 e. The Bertz CT molecular complexity index is 432. The second-order valence-corrected chi connectivity index (χ2v) is 3.43. The summed E-state index contributed by atoms with van der Waals surface area (Å²) in [5, 5.41) is 2.27. The highest BCUT2D eigenvalue weighted by atomic mass is 19.1. The number of halogens is 1. The molecule has 0 radical (unpaired) electrons. The van der Waals surface area contributed by atoms with Crippen molar-refractivity contribution in [3.05, 3.63) is 35.1 Å². The standard InChI is InChI=1S/C12H14FNO3/c1-3-8-4-5-9(10(13)6-8)12(16)14-7-11(15)17-2/h4-6H,3,7H2,1-2H3,(H,14,16). The van der Waals surface area contributed by atoms with Crippen molar-refractivity contribution in [3.8, 4) is 0 Å². The van der Waals surface area contributed by atoms with Gasteiger partial charge in [-0.05, 0) is 24.1 Å². The molecule has 0 fully saturated rings. The van der Waals surface area contributed by atoms with Gasteiger partial charge in [0.25, 0.3) is 5.91 Å². The molecule has 0 aromatic heterocycles. The number of nitrogens with one attached hydrogen (secondary N) is 1. The summed E-state index contributed by atoms with van der Waals surface area (Å²) in [4.78, 5) is 22.3. The highest BCUT2D eigenvalue weighted by Gasteiger charge is 2.12. The van der Waals surface area contributed by atoms with Crippen molar-refractivity contribution >= 4 is 11.9 Å². The second-order valence-electron chi connectivity index (χ2n) is 3.43. The van der Waals surface area contributed by atoms with Crippen LogP contribution in [-0.4, -0.2) is 25.5 Å². The monoisotopic (exact) mass is 239 g/mol. The van der Waals surface area contributed by atoms with Gasteiger partial charge in [-0.15, -0.1) is 0 Å². The van der Waals surface area contributed by atoms with Crippen LogP contribution >= 0.6 is 0 Å². The van der Waals surface area contributed by atoms with Gasteiger partial charge in [-0.2, -0.15) is 0 Å². The number of methoxy groups -OCH3 is 1. The molecule has 0 bridgehead atoms. The number of rotatable bonds is 4. The summed E-state index contributed by atoms with van der Waals surface area (Å²) in [7, 11) is 1.21. The summed E-state index contributed by atoms with van der Waals surface area (Å²) in [6.07, 6.45) is 0.695. The minimum absolute atomic E-state index is 0.0777. The van der Waals surface area contributed by atoms with E-state index in [0.717, 1.165) is 5.56 Å². The molecule has 0 unspecified atom stereocenters. The van der Waals surface area contributed by atoms with Crippen LogP contribution in [0.3, 0.4) is 0 Å². The van der Waals surface area contributed by atoms with Crippen LogP contribution in [0.15, 0.2) is 18.2 Å². The maximum absolute atomic E-state index is 13.5. The summed E-state index contributed by atoms with van der Waals surface area (Å²) < 4.78 is 17.9. The van der Waals surface area contributed by atoms with Gasteiger partial charge in [0.1, 0.15) is 12.4 Å². The zero-order valence-electron chi connectivity index (χ0n) is 9.75. The fourth-order valence-electron chi connectivity index (χ4n) is 1.28. The van der Waals surface area contributed by atoms with Crippen LogP contribution in [0, 0.1) is 5.82 Å². The lowest BCUT2D eigenvalue weighted by Crippen LogP contribution is -2.30. The Labute approximate surface area is 98.8 Å². The van der Waals surface area contributed by atoms with Gasteiger partial charge in [-0.25, -0.2) is 4.39 Å². The lowest BCUT2D eigenvalue weighted by molar-refractivity contribution is -0.139. The van der Waals surface area contributed by atoms with Gasteiger partial charge in [0.05, 0.1) is 12.7 Å². The van der Waals surface area contributed by atoms with E-state index in [4.69, 9.17) is 0 Å². The molecule has 4 nitrogen and oxygen atoms in total. The third-order valence-corrected chi connectivity index (χ3v) is 2.31. The van der Waals surface area contributed by atoms with Gasteiger partial charge in [-0.1, -0.05) is 13.0 Å². The van der Waals surface area contributed by atoms with Crippen LogP contribution in [0.25, 0.3) is 0 Å². The van der Waals surface area contributed by atoms with E-state index in [-0.39, 0.29) is 12.1 Å². The number of hydrogen-bond acceptors (Lipinski definition) is 3. The Morgan fingerprint density at radius 3 is 2.65 bits per heavy atom. The SMILES string of the molecule is CCc1ccc(C(=O)NCC(=O)OC)c(F)c1. The van der Waals surface area contributed by atoms with Gasteiger partial charge in [-0.3, -0.25) is 9.59 Å². The molecule has 5 heteroatoms. The highest BCUT2D eigenvalue weighted by molar-refractivity contribution is 5.96. The minimum atomic E-state index is -0.629. The predicted octanol–water partition coefficient (Wildman–Crippen LogP) is 1.29. The van der Waals surface area contributed by atoms with Gasteiger partial charge in [0, 0.05) is 0 Å². The Morgan fingerprint density at radius 1 is 1.41 bits per heavy atom. The first-order valence-corrected chi connectivity index (χ1v) is 5.22. The van der Waals surface area contributed by atoms with E-state index in [0.29, 0.717) is 6.42 Å². The molecule has 0 saturated heterocycles. The van der Waals surface area contributed by atoms with E-state index < -0.39 is 17.7 Å². The van der Waals surface area contributed by atoms with Crippen LogP contribution < -0.4 is 5.32 Å². The zero-order chi connectivity index (χ0) is 12.8. The quantitative estimate of drug-likeness (QED) is 0.805. The van der Waals surface area contributed by atoms with Crippen LogP contribution in [0.4, 0.5) is 4.39 Å². The minimum Gasteiger partial charge on any atom is -0.468 e. The average molecular weight is 239 g/mol. The first kappa shape index (κ1) is 13.2. The largest absolute Gasteiger partial charge is 0.468 e. The molecule has 1 amide bonds. The molecule has 0 atom stereocenters. The Kier molecular flexibility index (Phi) is 4.63. The van der Waals surface area contributed by atoms with E-state index in [9.17, 15) is 14.0 Å². The molecule has 92 valence electrons. The van der Waals surface area contributed by atoms with Crippen molar-refractivity contribution < 1.29 is 18.7 Å². The summed E-state index contributed by atoms with van der Waals surface area (Å²) >= 11 is 0. The van der Waals surface area contributed by atoms with E-state index in [1.807, 2.05) is 6.92 Å². The summed E-state index contributed by atoms with van der Waals surface area (Å²) in [5.74, 6) is -1.80. The molecule has 0 aliphatic rings. The molecular weight excluding hydrogens is 225 g/mol. The molecule has 0 heterocycles. The lowest BCUT2D eigenvalue weighted by atomic mass is 10.1. The summed E-state index contributed by atoms with van der Waals surface area (Å²) in [6.45, 7) is 1.62. The highest BCUT2D eigenvalue weighted by Crippen LogP contribution is 2.10. The van der Waals surface area contributed by atoms with Crippen molar-refractivity contribution in [2.45, 2.75) is 13.3 Å². The van der Waals surface area contributed by atoms with Crippen molar-refractivity contribution in [1.82, 2.24) is 5.32 Å². The predicted molar refractivity (Wildman–Crippen MR) is 60.1 cm³/mol. The van der Waals surface area contributed by atoms with E-state index in [1.165, 1.54) is 19.2 Å². The molecule has 1 aromatic rings. The molecule has 0 aliphatic carbocycles. The maximum atomic E-state index is 13.5. The first-order chi connectivity index (χ1) is 8.08. The van der Waals surface area contributed by atoms with E-state index in [1.54, 1.807) is 6.07 Å². The number of carbonyl (C=O) groups is 2. The zero-order valence-corrected chi connectivity index (χ0v) is 9.75.